The number of halogens is 2. The number of hydrazone groups is 1. The average Bonchev–Trinajstić information content (AvgIpc) is 3.03. The highest BCUT2D eigenvalue weighted by Gasteiger charge is 2.52. The van der Waals surface area contributed by atoms with E-state index < -0.39 is 11.8 Å². The number of allylic oxidation sites excluding steroid dienone is 1. The van der Waals surface area contributed by atoms with Gasteiger partial charge in [0, 0.05) is 12.3 Å². The number of alkyl halides is 2. The van der Waals surface area contributed by atoms with Crippen LogP contribution in [-0.2, 0) is 0 Å². The second-order valence-corrected chi connectivity index (χ2v) is 6.02. The Kier molecular flexibility index (Phi) is 3.34. The summed E-state index contributed by atoms with van der Waals surface area (Å²) in [5.74, 6) is 2.82. The van der Waals surface area contributed by atoms with Crippen molar-refractivity contribution in [2.75, 3.05) is 0 Å². The van der Waals surface area contributed by atoms with E-state index in [2.05, 4.69) is 11.7 Å². The standard InChI is InChI=1S/C11H17F2N3S/c1-6(17-10(14)16-15)9-5-7(9)4-8-2-3-11(8,12)13/h7-9H,1-5,15H2,(H2,14,16). The van der Waals surface area contributed by atoms with Gasteiger partial charge in [-0.1, -0.05) is 18.3 Å². The van der Waals surface area contributed by atoms with E-state index in [0.717, 1.165) is 11.3 Å². The first kappa shape index (κ1) is 12.7. The first-order chi connectivity index (χ1) is 7.94. The highest BCUT2D eigenvalue weighted by atomic mass is 32.2. The Bertz CT molecular complexity index is 357. The van der Waals surface area contributed by atoms with Crippen molar-refractivity contribution < 1.29 is 8.78 Å². The third-order valence-corrected chi connectivity index (χ3v) is 4.59. The zero-order valence-electron chi connectivity index (χ0n) is 9.53. The molecule has 0 heterocycles. The molecule has 17 heavy (non-hydrogen) atoms. The molecule has 0 aromatic heterocycles. The van der Waals surface area contributed by atoms with Crippen LogP contribution < -0.4 is 11.6 Å². The maximum atomic E-state index is 13.1. The lowest BCUT2D eigenvalue weighted by Gasteiger charge is -2.36. The largest absolute Gasteiger partial charge is 0.377 e. The van der Waals surface area contributed by atoms with Gasteiger partial charge in [0.25, 0.3) is 5.92 Å². The van der Waals surface area contributed by atoms with E-state index >= 15 is 0 Å². The van der Waals surface area contributed by atoms with E-state index in [9.17, 15) is 8.78 Å². The summed E-state index contributed by atoms with van der Waals surface area (Å²) in [4.78, 5) is 0.893. The van der Waals surface area contributed by atoms with Gasteiger partial charge in [-0.2, -0.15) is 5.10 Å². The van der Waals surface area contributed by atoms with Crippen molar-refractivity contribution in [1.29, 1.82) is 0 Å². The molecule has 0 amide bonds. The van der Waals surface area contributed by atoms with Gasteiger partial charge in [0.2, 0.25) is 0 Å². The molecule has 3 atom stereocenters. The van der Waals surface area contributed by atoms with Crippen LogP contribution in [0.4, 0.5) is 8.78 Å². The topological polar surface area (TPSA) is 64.4 Å². The second kappa shape index (κ2) is 4.48. The third kappa shape index (κ3) is 2.73. The summed E-state index contributed by atoms with van der Waals surface area (Å²) in [5, 5.41) is 3.62. The average molecular weight is 261 g/mol. The predicted octanol–water partition coefficient (Wildman–Crippen LogP) is 2.49. The minimum Gasteiger partial charge on any atom is -0.377 e. The molecular formula is C11H17F2N3S. The van der Waals surface area contributed by atoms with Crippen LogP contribution in [0.3, 0.4) is 0 Å². The van der Waals surface area contributed by atoms with Gasteiger partial charge in [0.05, 0.1) is 0 Å². The second-order valence-electron chi connectivity index (χ2n) is 4.87. The first-order valence-corrected chi connectivity index (χ1v) is 6.53. The van der Waals surface area contributed by atoms with Crippen LogP contribution in [-0.4, -0.2) is 11.1 Å². The summed E-state index contributed by atoms with van der Waals surface area (Å²) in [6.07, 6.45) is 2.26. The number of nitrogens with zero attached hydrogens (tertiary/aromatic N) is 1. The molecule has 2 fully saturated rings. The third-order valence-electron chi connectivity index (χ3n) is 3.71. The molecular weight excluding hydrogens is 244 g/mol. The number of thioether (sulfide) groups is 1. The molecule has 6 heteroatoms. The van der Waals surface area contributed by atoms with Crippen LogP contribution >= 0.6 is 11.8 Å². The Morgan fingerprint density at radius 2 is 2.24 bits per heavy atom. The lowest BCUT2D eigenvalue weighted by Crippen LogP contribution is -2.38. The van der Waals surface area contributed by atoms with E-state index in [4.69, 9.17) is 11.6 Å². The Labute approximate surface area is 104 Å². The van der Waals surface area contributed by atoms with E-state index in [-0.39, 0.29) is 11.6 Å². The summed E-state index contributed by atoms with van der Waals surface area (Å²) in [6.45, 7) is 3.90. The van der Waals surface area contributed by atoms with E-state index in [1.54, 1.807) is 0 Å². The lowest BCUT2D eigenvalue weighted by molar-refractivity contribution is -0.136. The van der Waals surface area contributed by atoms with Crippen LogP contribution in [0.25, 0.3) is 0 Å². The molecule has 2 saturated carbocycles. The molecule has 3 unspecified atom stereocenters. The molecule has 0 radical (unpaired) electrons. The fraction of sp³-hybridized carbons (Fsp3) is 0.727. The fourth-order valence-corrected chi connectivity index (χ4v) is 3.12. The molecule has 0 spiro atoms. The lowest BCUT2D eigenvalue weighted by atomic mass is 9.77. The van der Waals surface area contributed by atoms with E-state index in [0.29, 0.717) is 24.7 Å². The summed E-state index contributed by atoms with van der Waals surface area (Å²) >= 11 is 1.25. The van der Waals surface area contributed by atoms with Gasteiger partial charge in [-0.15, -0.1) is 0 Å². The quantitative estimate of drug-likeness (QED) is 0.354. The van der Waals surface area contributed by atoms with Crippen LogP contribution in [0.15, 0.2) is 16.6 Å². The zero-order valence-corrected chi connectivity index (χ0v) is 10.4. The molecule has 0 aromatic carbocycles. The normalized spacial score (nSPS) is 35.2. The number of amidine groups is 1. The van der Waals surface area contributed by atoms with Crippen molar-refractivity contribution in [2.24, 2.45) is 34.4 Å². The monoisotopic (exact) mass is 261 g/mol. The number of rotatable bonds is 4. The highest BCUT2D eigenvalue weighted by Crippen LogP contribution is 2.55. The van der Waals surface area contributed by atoms with E-state index in [1.165, 1.54) is 11.8 Å². The van der Waals surface area contributed by atoms with Crippen molar-refractivity contribution in [2.45, 2.75) is 31.6 Å². The van der Waals surface area contributed by atoms with Gasteiger partial charge in [-0.3, -0.25) is 0 Å². The summed E-state index contributed by atoms with van der Waals surface area (Å²) in [6, 6.07) is 0. The van der Waals surface area contributed by atoms with Gasteiger partial charge < -0.3 is 11.6 Å². The van der Waals surface area contributed by atoms with Gasteiger partial charge in [-0.05, 0) is 36.0 Å². The molecule has 4 N–H and O–H groups in total. The van der Waals surface area contributed by atoms with Crippen molar-refractivity contribution >= 4 is 16.9 Å². The van der Waals surface area contributed by atoms with Gasteiger partial charge in [0.1, 0.15) is 0 Å². The van der Waals surface area contributed by atoms with Gasteiger partial charge >= 0.3 is 0 Å². The predicted molar refractivity (Wildman–Crippen MR) is 66.4 cm³/mol. The zero-order chi connectivity index (χ0) is 12.6. The van der Waals surface area contributed by atoms with Crippen LogP contribution in [0.5, 0.6) is 0 Å². The molecule has 2 aliphatic rings. The highest BCUT2D eigenvalue weighted by molar-refractivity contribution is 8.17. The van der Waals surface area contributed by atoms with E-state index in [1.807, 2.05) is 0 Å². The molecule has 2 aliphatic carbocycles. The van der Waals surface area contributed by atoms with Crippen LogP contribution in [0, 0.1) is 17.8 Å². The Balaban J connectivity index is 1.75. The minimum atomic E-state index is -2.43. The fourth-order valence-electron chi connectivity index (χ4n) is 2.36. The maximum absolute atomic E-state index is 13.1. The SMILES string of the molecule is C=C(S/C(N)=N\N)C1CC1CC1CCC1(F)F. The Hall–Kier alpha value is -0.780. The molecule has 3 nitrogen and oxygen atoms in total. The molecule has 96 valence electrons. The maximum Gasteiger partial charge on any atom is 0.250 e. The summed E-state index contributed by atoms with van der Waals surface area (Å²) < 4.78 is 26.2. The molecule has 0 aromatic rings. The van der Waals surface area contributed by atoms with Crippen molar-refractivity contribution in [1.82, 2.24) is 0 Å². The smallest absolute Gasteiger partial charge is 0.250 e. The van der Waals surface area contributed by atoms with Gasteiger partial charge in [0.15, 0.2) is 5.17 Å². The number of hydrogen-bond acceptors (Lipinski definition) is 3. The van der Waals surface area contributed by atoms with Crippen molar-refractivity contribution in [3.8, 4) is 0 Å². The Morgan fingerprint density at radius 1 is 1.53 bits per heavy atom. The summed E-state index contributed by atoms with van der Waals surface area (Å²) in [5.41, 5.74) is 5.47. The minimum absolute atomic E-state index is 0.0531. The first-order valence-electron chi connectivity index (χ1n) is 5.72. The van der Waals surface area contributed by atoms with Crippen LogP contribution in [0.1, 0.15) is 25.7 Å². The number of nitrogens with two attached hydrogens (primary N) is 2. The van der Waals surface area contributed by atoms with Gasteiger partial charge in [-0.25, -0.2) is 8.78 Å². The summed E-state index contributed by atoms with van der Waals surface area (Å²) in [7, 11) is 0. The van der Waals surface area contributed by atoms with Crippen molar-refractivity contribution in [3.05, 3.63) is 11.5 Å². The van der Waals surface area contributed by atoms with Crippen LogP contribution in [0.2, 0.25) is 0 Å². The number of hydrogen-bond donors (Lipinski definition) is 2. The molecule has 2 rings (SSSR count). The Morgan fingerprint density at radius 3 is 2.71 bits per heavy atom. The molecule has 0 aliphatic heterocycles. The molecule has 0 bridgehead atoms. The van der Waals surface area contributed by atoms with Crippen molar-refractivity contribution in [3.63, 3.8) is 0 Å². The molecule has 0 saturated heterocycles.